The number of aromatic nitrogens is 1. The van der Waals surface area contributed by atoms with Gasteiger partial charge < -0.3 is 9.67 Å². The summed E-state index contributed by atoms with van der Waals surface area (Å²) in [5, 5.41) is 9.01. The van der Waals surface area contributed by atoms with Crippen LogP contribution in [-0.2, 0) is 7.05 Å². The molecule has 23 heavy (non-hydrogen) atoms. The Labute approximate surface area is 133 Å². The van der Waals surface area contributed by atoms with E-state index in [1.807, 2.05) is 42.5 Å². The van der Waals surface area contributed by atoms with E-state index in [4.69, 9.17) is 5.11 Å². The number of aromatic carboxylic acids is 1. The Morgan fingerprint density at radius 1 is 0.870 bits per heavy atom. The van der Waals surface area contributed by atoms with E-state index in [1.165, 1.54) is 16.8 Å². The lowest BCUT2D eigenvalue weighted by molar-refractivity contribution is 0.0697. The summed E-state index contributed by atoms with van der Waals surface area (Å²) in [6.45, 7) is 0. The second kappa shape index (κ2) is 5.93. The molecule has 0 saturated heterocycles. The maximum Gasteiger partial charge on any atom is 0.337 e. The summed E-state index contributed by atoms with van der Waals surface area (Å²) in [6, 6.07) is 18.6. The number of benzene rings is 2. The predicted molar refractivity (Wildman–Crippen MR) is 87.7 cm³/mol. The van der Waals surface area contributed by atoms with Gasteiger partial charge in [0.05, 0.1) is 11.3 Å². The van der Waals surface area contributed by atoms with Crippen LogP contribution in [0.3, 0.4) is 0 Å². The minimum atomic E-state index is -1.04. The van der Waals surface area contributed by atoms with Gasteiger partial charge in [-0.25, -0.2) is 4.79 Å². The van der Waals surface area contributed by atoms with Crippen LogP contribution in [0.4, 0.5) is 0 Å². The fourth-order valence-corrected chi connectivity index (χ4v) is 2.50. The topological polar surface area (TPSA) is 59.3 Å². The number of carboxylic acids is 1. The zero-order valence-corrected chi connectivity index (χ0v) is 12.6. The fourth-order valence-electron chi connectivity index (χ4n) is 2.50. The van der Waals surface area contributed by atoms with Crippen LogP contribution < -0.4 is 0 Å². The van der Waals surface area contributed by atoms with Gasteiger partial charge in [0, 0.05) is 18.8 Å². The smallest absolute Gasteiger partial charge is 0.337 e. The Balaban J connectivity index is 1.90. The van der Waals surface area contributed by atoms with Gasteiger partial charge in [0.25, 0.3) is 0 Å². The first-order chi connectivity index (χ1) is 11.1. The van der Waals surface area contributed by atoms with Crippen molar-refractivity contribution in [3.63, 3.8) is 0 Å². The molecular formula is C19H15NO3. The largest absolute Gasteiger partial charge is 0.478 e. The minimum absolute atomic E-state index is 0.108. The zero-order valence-electron chi connectivity index (χ0n) is 12.6. The first-order valence-corrected chi connectivity index (χ1v) is 7.16. The highest BCUT2D eigenvalue weighted by atomic mass is 16.4. The average Bonchev–Trinajstić information content (AvgIpc) is 2.97. The molecule has 0 bridgehead atoms. The third-order valence-electron chi connectivity index (χ3n) is 3.74. The SMILES string of the molecule is Cn1cc(C(=O)O)cc1C(=O)c1ccc(-c2ccccc2)cc1. The normalized spacial score (nSPS) is 10.5. The minimum Gasteiger partial charge on any atom is -0.478 e. The maximum absolute atomic E-state index is 12.5. The fraction of sp³-hybridized carbons (Fsp3) is 0.0526. The lowest BCUT2D eigenvalue weighted by atomic mass is 10.0. The van der Waals surface area contributed by atoms with Crippen LogP contribution in [0.25, 0.3) is 11.1 Å². The number of hydrogen-bond acceptors (Lipinski definition) is 2. The maximum atomic E-state index is 12.5. The van der Waals surface area contributed by atoms with Crippen LogP contribution in [0.15, 0.2) is 66.9 Å². The molecule has 0 aliphatic heterocycles. The van der Waals surface area contributed by atoms with Crippen LogP contribution in [0.1, 0.15) is 26.4 Å². The van der Waals surface area contributed by atoms with E-state index in [1.54, 1.807) is 19.2 Å². The number of aryl methyl sites for hydroxylation is 1. The third-order valence-corrected chi connectivity index (χ3v) is 3.74. The molecule has 1 heterocycles. The van der Waals surface area contributed by atoms with Crippen molar-refractivity contribution in [1.29, 1.82) is 0 Å². The number of carbonyl (C=O) groups is 2. The number of rotatable bonds is 4. The number of carboxylic acid groups (broad SMARTS) is 1. The van der Waals surface area contributed by atoms with E-state index in [0.717, 1.165) is 11.1 Å². The summed E-state index contributed by atoms with van der Waals surface area (Å²) < 4.78 is 1.54. The van der Waals surface area contributed by atoms with E-state index in [2.05, 4.69) is 0 Å². The molecule has 1 N–H and O–H groups in total. The van der Waals surface area contributed by atoms with Gasteiger partial charge in [-0.1, -0.05) is 54.6 Å². The summed E-state index contributed by atoms with van der Waals surface area (Å²) >= 11 is 0. The Hall–Kier alpha value is -3.14. The molecule has 0 atom stereocenters. The molecule has 3 rings (SSSR count). The molecule has 0 saturated carbocycles. The van der Waals surface area contributed by atoms with Gasteiger partial charge in [-0.05, 0) is 17.2 Å². The van der Waals surface area contributed by atoms with E-state index in [0.29, 0.717) is 11.3 Å². The molecule has 1 aromatic heterocycles. The highest BCUT2D eigenvalue weighted by Crippen LogP contribution is 2.21. The number of hydrogen-bond donors (Lipinski definition) is 1. The van der Waals surface area contributed by atoms with Gasteiger partial charge in [-0.15, -0.1) is 0 Å². The Bertz CT molecular complexity index is 861. The highest BCUT2D eigenvalue weighted by molar-refractivity contribution is 6.09. The van der Waals surface area contributed by atoms with Crippen LogP contribution in [0, 0.1) is 0 Å². The van der Waals surface area contributed by atoms with Gasteiger partial charge in [0.1, 0.15) is 0 Å². The summed E-state index contributed by atoms with van der Waals surface area (Å²) in [5.74, 6) is -1.24. The summed E-state index contributed by atoms with van der Waals surface area (Å²) in [5.41, 5.74) is 3.10. The number of carbonyl (C=O) groups excluding carboxylic acids is 1. The summed E-state index contributed by atoms with van der Waals surface area (Å²) in [7, 11) is 1.66. The molecule has 0 radical (unpaired) electrons. The van der Waals surface area contributed by atoms with Crippen molar-refractivity contribution in [2.24, 2.45) is 7.05 Å². The van der Waals surface area contributed by atoms with Crippen molar-refractivity contribution in [3.8, 4) is 11.1 Å². The monoisotopic (exact) mass is 305 g/mol. The second-order valence-electron chi connectivity index (χ2n) is 5.30. The average molecular weight is 305 g/mol. The third kappa shape index (κ3) is 2.92. The van der Waals surface area contributed by atoms with Gasteiger partial charge in [-0.2, -0.15) is 0 Å². The van der Waals surface area contributed by atoms with Crippen molar-refractivity contribution < 1.29 is 14.7 Å². The molecule has 0 spiro atoms. The van der Waals surface area contributed by atoms with Crippen molar-refractivity contribution >= 4 is 11.8 Å². The first-order valence-electron chi connectivity index (χ1n) is 7.16. The van der Waals surface area contributed by atoms with Gasteiger partial charge in [0.2, 0.25) is 5.78 Å². The number of ketones is 1. The Kier molecular flexibility index (Phi) is 3.81. The molecule has 2 aromatic carbocycles. The van der Waals surface area contributed by atoms with E-state index < -0.39 is 5.97 Å². The standard InChI is InChI=1S/C19H15NO3/c1-20-12-16(19(22)23)11-17(20)18(21)15-9-7-14(8-10-15)13-5-3-2-4-6-13/h2-12H,1H3,(H,22,23). The zero-order chi connectivity index (χ0) is 16.4. The van der Waals surface area contributed by atoms with Crippen molar-refractivity contribution in [1.82, 2.24) is 4.57 Å². The van der Waals surface area contributed by atoms with Crippen LogP contribution in [0.2, 0.25) is 0 Å². The predicted octanol–water partition coefficient (Wildman–Crippen LogP) is 3.62. The lowest BCUT2D eigenvalue weighted by Gasteiger charge is -2.05. The summed E-state index contributed by atoms with van der Waals surface area (Å²) in [6.07, 6.45) is 1.44. The van der Waals surface area contributed by atoms with Crippen LogP contribution in [-0.4, -0.2) is 21.4 Å². The van der Waals surface area contributed by atoms with Crippen molar-refractivity contribution in [3.05, 3.63) is 83.7 Å². The molecule has 4 nitrogen and oxygen atoms in total. The van der Waals surface area contributed by atoms with Gasteiger partial charge >= 0.3 is 5.97 Å². The molecule has 0 aliphatic carbocycles. The van der Waals surface area contributed by atoms with E-state index >= 15 is 0 Å². The highest BCUT2D eigenvalue weighted by Gasteiger charge is 2.16. The molecular weight excluding hydrogens is 290 g/mol. The quantitative estimate of drug-likeness (QED) is 0.749. The lowest BCUT2D eigenvalue weighted by Crippen LogP contribution is -2.06. The Morgan fingerprint density at radius 2 is 1.48 bits per heavy atom. The van der Waals surface area contributed by atoms with Gasteiger partial charge in [-0.3, -0.25) is 4.79 Å². The molecule has 0 amide bonds. The van der Waals surface area contributed by atoms with Crippen molar-refractivity contribution in [2.75, 3.05) is 0 Å². The first kappa shape index (κ1) is 14.8. The van der Waals surface area contributed by atoms with Crippen molar-refractivity contribution in [2.45, 2.75) is 0 Å². The second-order valence-corrected chi connectivity index (χ2v) is 5.30. The number of nitrogens with zero attached hydrogens (tertiary/aromatic N) is 1. The molecule has 3 aromatic rings. The molecule has 0 fully saturated rings. The van der Waals surface area contributed by atoms with Crippen LogP contribution >= 0.6 is 0 Å². The molecule has 0 unspecified atom stereocenters. The molecule has 4 heteroatoms. The summed E-state index contributed by atoms with van der Waals surface area (Å²) in [4.78, 5) is 23.5. The molecule has 0 aliphatic rings. The van der Waals surface area contributed by atoms with E-state index in [9.17, 15) is 9.59 Å². The van der Waals surface area contributed by atoms with Gasteiger partial charge in [0.15, 0.2) is 0 Å². The van der Waals surface area contributed by atoms with Crippen LogP contribution in [0.5, 0.6) is 0 Å². The van der Waals surface area contributed by atoms with E-state index in [-0.39, 0.29) is 11.3 Å². The molecule has 114 valence electrons. The Morgan fingerprint density at radius 3 is 2.04 bits per heavy atom.